The molecule has 0 amide bonds. The van der Waals surface area contributed by atoms with E-state index in [4.69, 9.17) is 12.6 Å². The van der Waals surface area contributed by atoms with Gasteiger partial charge in [0.05, 0.1) is 28.2 Å². The molecule has 3 heteroatoms. The molecule has 0 heterocycles. The number of amidine groups is 1. The minimum absolute atomic E-state index is 0.852. The number of nitrogens with zero attached hydrogens (tertiary/aromatic N) is 2. The van der Waals surface area contributed by atoms with E-state index in [9.17, 15) is 0 Å². The highest BCUT2D eigenvalue weighted by atomic mass is 32.1. The Balaban J connectivity index is 4.00. The van der Waals surface area contributed by atoms with Crippen LogP contribution < -0.4 is 0 Å². The first kappa shape index (κ1) is 7.69. The SMILES string of the molecule is CN(C)C([S])=[N+](C)C. The van der Waals surface area contributed by atoms with Crippen molar-refractivity contribution in [2.75, 3.05) is 28.2 Å². The summed E-state index contributed by atoms with van der Waals surface area (Å²) in [5.74, 6) is 0. The van der Waals surface area contributed by atoms with Crippen molar-refractivity contribution < 1.29 is 4.58 Å². The van der Waals surface area contributed by atoms with Crippen LogP contribution in [0.4, 0.5) is 0 Å². The largest absolute Gasteiger partial charge is 0.340 e. The maximum absolute atomic E-state index is 4.95. The van der Waals surface area contributed by atoms with E-state index in [1.54, 1.807) is 0 Å². The first-order valence-electron chi connectivity index (χ1n) is 2.44. The molecule has 0 fully saturated rings. The smallest absolute Gasteiger partial charge is 0.257 e. The monoisotopic (exact) mass is 132 g/mol. The predicted molar refractivity (Wildman–Crippen MR) is 38.4 cm³/mol. The maximum Gasteiger partial charge on any atom is 0.340 e. The minimum Gasteiger partial charge on any atom is -0.257 e. The zero-order chi connectivity index (χ0) is 6.73. The molecule has 0 aliphatic carbocycles. The molecule has 0 aromatic heterocycles. The van der Waals surface area contributed by atoms with E-state index in [0.29, 0.717) is 0 Å². The van der Waals surface area contributed by atoms with Crippen molar-refractivity contribution in [2.45, 2.75) is 0 Å². The molecule has 47 valence electrons. The summed E-state index contributed by atoms with van der Waals surface area (Å²) < 4.78 is 1.90. The van der Waals surface area contributed by atoms with Gasteiger partial charge in [0.1, 0.15) is 0 Å². The summed E-state index contributed by atoms with van der Waals surface area (Å²) >= 11 is 4.95. The summed E-state index contributed by atoms with van der Waals surface area (Å²) in [7, 11) is 7.73. The highest BCUT2D eigenvalue weighted by molar-refractivity contribution is 7.96. The van der Waals surface area contributed by atoms with Crippen LogP contribution >= 0.6 is 12.6 Å². The Kier molecular flexibility index (Phi) is 2.76. The predicted octanol–water partition coefficient (Wildman–Crippen LogP) is 0.374. The van der Waals surface area contributed by atoms with Crippen molar-refractivity contribution >= 4 is 17.8 Å². The Labute approximate surface area is 56.2 Å². The first-order valence-corrected chi connectivity index (χ1v) is 2.85. The van der Waals surface area contributed by atoms with Gasteiger partial charge in [0.15, 0.2) is 0 Å². The van der Waals surface area contributed by atoms with Crippen LogP contribution in [-0.2, 0) is 0 Å². The Bertz CT molecular complexity index is 103. The standard InChI is InChI=1S/C5H12N2S/c1-6(2)5(8)7(3)4/h1-4H3/q+1. The van der Waals surface area contributed by atoms with Gasteiger partial charge in [0.2, 0.25) is 0 Å². The summed E-state index contributed by atoms with van der Waals surface area (Å²) in [6, 6.07) is 0. The summed E-state index contributed by atoms with van der Waals surface area (Å²) in [5, 5.41) is 0.852. The molecular weight excluding hydrogens is 120 g/mol. The molecule has 0 unspecified atom stereocenters. The highest BCUT2D eigenvalue weighted by Gasteiger charge is 2.03. The molecule has 0 bridgehead atoms. The van der Waals surface area contributed by atoms with Gasteiger partial charge in [-0.25, -0.2) is 0 Å². The molecule has 2 nitrogen and oxygen atoms in total. The van der Waals surface area contributed by atoms with E-state index in [1.807, 2.05) is 37.7 Å². The van der Waals surface area contributed by atoms with Gasteiger partial charge in [-0.2, -0.15) is 0 Å². The lowest BCUT2D eigenvalue weighted by molar-refractivity contribution is -0.466. The quantitative estimate of drug-likeness (QED) is 0.262. The Hall–Kier alpha value is -0.310. The Morgan fingerprint density at radius 1 is 1.38 bits per heavy atom. The van der Waals surface area contributed by atoms with Crippen LogP contribution in [0.15, 0.2) is 0 Å². The van der Waals surface area contributed by atoms with Crippen LogP contribution in [0.1, 0.15) is 0 Å². The molecule has 0 saturated heterocycles. The van der Waals surface area contributed by atoms with Gasteiger partial charge < -0.3 is 0 Å². The zero-order valence-corrected chi connectivity index (χ0v) is 6.62. The van der Waals surface area contributed by atoms with E-state index >= 15 is 0 Å². The van der Waals surface area contributed by atoms with Gasteiger partial charge in [-0.05, 0) is 0 Å². The van der Waals surface area contributed by atoms with Crippen LogP contribution in [0.2, 0.25) is 0 Å². The number of rotatable bonds is 0. The van der Waals surface area contributed by atoms with E-state index in [2.05, 4.69) is 0 Å². The molecule has 8 heavy (non-hydrogen) atoms. The average molecular weight is 132 g/mol. The summed E-state index contributed by atoms with van der Waals surface area (Å²) in [5.41, 5.74) is 0. The third-order valence-electron chi connectivity index (χ3n) is 0.765. The molecule has 0 N–H and O–H groups in total. The van der Waals surface area contributed by atoms with E-state index < -0.39 is 0 Å². The minimum atomic E-state index is 0.852. The maximum atomic E-state index is 4.95. The summed E-state index contributed by atoms with van der Waals surface area (Å²) in [6.07, 6.45) is 0. The first-order chi connectivity index (χ1) is 3.55. The van der Waals surface area contributed by atoms with Crippen LogP contribution in [-0.4, -0.2) is 42.8 Å². The van der Waals surface area contributed by atoms with Gasteiger partial charge in [0, 0.05) is 12.6 Å². The molecule has 0 saturated carbocycles. The molecule has 0 aliphatic heterocycles. The number of hydrogen-bond acceptors (Lipinski definition) is 0. The Morgan fingerprint density at radius 3 is 1.75 bits per heavy atom. The van der Waals surface area contributed by atoms with Gasteiger partial charge >= 0.3 is 5.17 Å². The lowest BCUT2D eigenvalue weighted by atomic mass is 10.9. The third kappa shape index (κ3) is 2.12. The molecule has 0 aliphatic rings. The van der Waals surface area contributed by atoms with Crippen LogP contribution in [0.5, 0.6) is 0 Å². The molecular formula is C5H12N2S+. The molecule has 0 aromatic rings. The second kappa shape index (κ2) is 2.87. The lowest BCUT2D eigenvalue weighted by Gasteiger charge is -2.02. The van der Waals surface area contributed by atoms with Gasteiger partial charge in [-0.15, -0.1) is 0 Å². The van der Waals surface area contributed by atoms with Crippen LogP contribution in [0.3, 0.4) is 0 Å². The van der Waals surface area contributed by atoms with E-state index in [-0.39, 0.29) is 0 Å². The van der Waals surface area contributed by atoms with Crippen LogP contribution in [0, 0.1) is 0 Å². The van der Waals surface area contributed by atoms with Crippen molar-refractivity contribution in [3.8, 4) is 0 Å². The van der Waals surface area contributed by atoms with Gasteiger partial charge in [-0.3, -0.25) is 9.48 Å². The fourth-order valence-corrected chi connectivity index (χ4v) is 0.400. The van der Waals surface area contributed by atoms with E-state index in [1.165, 1.54) is 0 Å². The van der Waals surface area contributed by atoms with Gasteiger partial charge in [-0.1, -0.05) is 0 Å². The van der Waals surface area contributed by atoms with Crippen molar-refractivity contribution in [1.29, 1.82) is 0 Å². The lowest BCUT2D eigenvalue weighted by Crippen LogP contribution is -2.24. The second-order valence-electron chi connectivity index (χ2n) is 2.07. The highest BCUT2D eigenvalue weighted by Crippen LogP contribution is 1.84. The van der Waals surface area contributed by atoms with Gasteiger partial charge in [0.25, 0.3) is 0 Å². The molecule has 0 spiro atoms. The molecule has 0 atom stereocenters. The molecule has 0 rings (SSSR count). The fraction of sp³-hybridized carbons (Fsp3) is 0.800. The average Bonchev–Trinajstić information content (AvgIpc) is 1.64. The van der Waals surface area contributed by atoms with Crippen LogP contribution in [0.25, 0.3) is 0 Å². The third-order valence-corrected chi connectivity index (χ3v) is 1.50. The number of hydrogen-bond donors (Lipinski definition) is 0. The van der Waals surface area contributed by atoms with Crippen molar-refractivity contribution in [1.82, 2.24) is 4.90 Å². The zero-order valence-electron chi connectivity index (χ0n) is 5.80. The summed E-state index contributed by atoms with van der Waals surface area (Å²) in [4.78, 5) is 1.90. The van der Waals surface area contributed by atoms with Crippen molar-refractivity contribution in [3.63, 3.8) is 0 Å². The van der Waals surface area contributed by atoms with E-state index in [0.717, 1.165) is 5.17 Å². The Morgan fingerprint density at radius 2 is 1.75 bits per heavy atom. The topological polar surface area (TPSA) is 6.25 Å². The van der Waals surface area contributed by atoms with Crippen molar-refractivity contribution in [2.24, 2.45) is 0 Å². The normalized spacial score (nSPS) is 8.50. The fourth-order valence-electron chi connectivity index (χ4n) is 0.400. The second-order valence-corrected chi connectivity index (χ2v) is 2.44. The summed E-state index contributed by atoms with van der Waals surface area (Å²) in [6.45, 7) is 0. The van der Waals surface area contributed by atoms with Crippen molar-refractivity contribution in [3.05, 3.63) is 0 Å². The molecule has 0 aromatic carbocycles. The molecule has 1 radical (unpaired) electrons.